The topological polar surface area (TPSA) is 111 Å². The van der Waals surface area contributed by atoms with Gasteiger partial charge in [0.05, 0.1) is 0 Å². The molecule has 38 heavy (non-hydrogen) atoms. The lowest BCUT2D eigenvalue weighted by molar-refractivity contribution is -0.141. The van der Waals surface area contributed by atoms with E-state index in [-0.39, 0.29) is 30.3 Å². The number of hydrogen-bond donors (Lipinski definition) is 3. The Kier molecular flexibility index (Phi) is 5.85. The van der Waals surface area contributed by atoms with E-state index in [9.17, 15) is 23.6 Å². The lowest BCUT2D eigenvalue weighted by Gasteiger charge is -2.31. The van der Waals surface area contributed by atoms with Crippen molar-refractivity contribution in [1.29, 1.82) is 0 Å². The zero-order valence-electron chi connectivity index (χ0n) is 21.2. The Hall–Kier alpha value is -3.95. The highest BCUT2D eigenvalue weighted by Gasteiger charge is 2.56. The molecule has 0 radical (unpaired) electrons. The minimum atomic E-state index is -1.21. The highest BCUT2D eigenvalue weighted by atomic mass is 19.1. The number of fused-ring (bicyclic) bond motifs is 3. The number of nitrogens with zero attached hydrogens (tertiary/aromatic N) is 2. The van der Waals surface area contributed by atoms with Crippen LogP contribution in [0, 0.1) is 11.7 Å². The molecule has 3 N–H and O–H groups in total. The van der Waals surface area contributed by atoms with Gasteiger partial charge in [0.15, 0.2) is 0 Å². The van der Waals surface area contributed by atoms with Crippen molar-refractivity contribution in [3.8, 4) is 0 Å². The molecule has 198 valence electrons. The molecule has 1 saturated carbocycles. The van der Waals surface area contributed by atoms with E-state index in [1.165, 1.54) is 13.1 Å². The summed E-state index contributed by atoms with van der Waals surface area (Å²) in [6.07, 6.45) is 4.44. The van der Waals surface area contributed by atoms with Crippen molar-refractivity contribution >= 4 is 29.6 Å². The van der Waals surface area contributed by atoms with Crippen molar-refractivity contribution in [3.05, 3.63) is 64.5 Å². The van der Waals surface area contributed by atoms with Crippen LogP contribution in [-0.4, -0.2) is 53.3 Å². The molecule has 6 amide bonds. The van der Waals surface area contributed by atoms with E-state index >= 15 is 0 Å². The van der Waals surface area contributed by atoms with Gasteiger partial charge in [0.2, 0.25) is 5.91 Å². The summed E-state index contributed by atoms with van der Waals surface area (Å²) >= 11 is 0. The smallest absolute Gasteiger partial charge is 0.325 e. The number of aryl methyl sites for hydroxylation is 2. The van der Waals surface area contributed by atoms with Gasteiger partial charge in [-0.2, -0.15) is 0 Å². The van der Waals surface area contributed by atoms with E-state index < -0.39 is 17.5 Å². The second-order valence-corrected chi connectivity index (χ2v) is 10.7. The van der Waals surface area contributed by atoms with E-state index in [0.29, 0.717) is 43.0 Å². The molecule has 2 aliphatic heterocycles. The fraction of sp³-hybridized carbons (Fsp3) is 0.429. The van der Waals surface area contributed by atoms with Crippen molar-refractivity contribution in [2.24, 2.45) is 5.92 Å². The van der Waals surface area contributed by atoms with Gasteiger partial charge in [-0.15, -0.1) is 0 Å². The number of rotatable bonds is 4. The molecule has 0 aromatic heterocycles. The molecule has 10 heteroatoms. The largest absolute Gasteiger partial charge is 0.341 e. The Morgan fingerprint density at radius 1 is 1.05 bits per heavy atom. The molecule has 0 unspecified atom stereocenters. The molecule has 2 aromatic carbocycles. The SMILES string of the molecule is CNC(=O)Nc1ccc2c(c1)CC[C@@]21NC(=O)N(CC(=O)N2Cc3ccc(F)cc3CC[C@H]2C2CC2)C1=O. The summed E-state index contributed by atoms with van der Waals surface area (Å²) in [5.41, 5.74) is 2.75. The number of nitrogens with one attached hydrogen (secondary N) is 3. The normalized spacial score (nSPS) is 24.1. The summed E-state index contributed by atoms with van der Waals surface area (Å²) in [5, 5.41) is 8.09. The first-order valence-electron chi connectivity index (χ1n) is 13.1. The molecule has 1 saturated heterocycles. The quantitative estimate of drug-likeness (QED) is 0.540. The number of carbonyl (C=O) groups excluding carboxylic acids is 4. The number of imide groups is 1. The highest BCUT2D eigenvalue weighted by Crippen LogP contribution is 2.43. The second-order valence-electron chi connectivity index (χ2n) is 10.7. The average Bonchev–Trinajstić information content (AvgIpc) is 3.66. The summed E-state index contributed by atoms with van der Waals surface area (Å²) in [6, 6.07) is 9.02. The molecule has 9 nitrogen and oxygen atoms in total. The van der Waals surface area contributed by atoms with Gasteiger partial charge < -0.3 is 20.9 Å². The first kappa shape index (κ1) is 24.4. The fourth-order valence-corrected chi connectivity index (χ4v) is 6.28. The number of carbonyl (C=O) groups is 4. The first-order valence-corrected chi connectivity index (χ1v) is 13.1. The van der Waals surface area contributed by atoms with Crippen LogP contribution in [-0.2, 0) is 34.5 Å². The molecule has 2 atom stereocenters. The predicted octanol–water partition coefficient (Wildman–Crippen LogP) is 3.02. The minimum Gasteiger partial charge on any atom is -0.341 e. The molecule has 0 bridgehead atoms. The van der Waals surface area contributed by atoms with E-state index in [0.717, 1.165) is 40.9 Å². The van der Waals surface area contributed by atoms with Crippen LogP contribution >= 0.6 is 0 Å². The molecule has 1 spiro atoms. The number of halogens is 1. The molecular formula is C28H30FN5O4. The maximum atomic E-state index is 13.9. The zero-order chi connectivity index (χ0) is 26.6. The van der Waals surface area contributed by atoms with Crippen LogP contribution in [0.5, 0.6) is 0 Å². The number of amides is 6. The van der Waals surface area contributed by atoms with E-state index in [1.807, 2.05) is 6.07 Å². The van der Waals surface area contributed by atoms with Gasteiger partial charge >= 0.3 is 12.1 Å². The number of benzene rings is 2. The van der Waals surface area contributed by atoms with Gasteiger partial charge in [-0.25, -0.2) is 14.0 Å². The van der Waals surface area contributed by atoms with Crippen LogP contribution < -0.4 is 16.0 Å². The van der Waals surface area contributed by atoms with Gasteiger partial charge in [-0.05, 0) is 91.0 Å². The third-order valence-electron chi connectivity index (χ3n) is 8.39. The van der Waals surface area contributed by atoms with Crippen LogP contribution in [0.2, 0.25) is 0 Å². The zero-order valence-corrected chi connectivity index (χ0v) is 21.2. The first-order chi connectivity index (χ1) is 18.3. The van der Waals surface area contributed by atoms with Crippen LogP contribution in [0.25, 0.3) is 0 Å². The number of anilines is 1. The second kappa shape index (κ2) is 9.11. The summed E-state index contributed by atoms with van der Waals surface area (Å²) in [4.78, 5) is 55.0. The predicted molar refractivity (Wildman–Crippen MR) is 137 cm³/mol. The standard InChI is InChI=1S/C28H30FN5O4/c1-30-26(37)31-21-7-8-22-18(13-21)10-11-28(22)25(36)34(27(38)32-28)15-24(35)33-14-19-4-6-20(29)12-17(19)5-9-23(33)16-2-3-16/h4,6-8,12-13,16,23H,2-3,5,9-11,14-15H2,1H3,(H,32,38)(H2,30,31,37)/t23-,28+/m0/s1. The van der Waals surface area contributed by atoms with Gasteiger partial charge in [-0.3, -0.25) is 14.5 Å². The van der Waals surface area contributed by atoms with Gasteiger partial charge in [-0.1, -0.05) is 12.1 Å². The number of hydrogen-bond acceptors (Lipinski definition) is 4. The summed E-state index contributed by atoms with van der Waals surface area (Å²) in [7, 11) is 1.53. The monoisotopic (exact) mass is 519 g/mol. The van der Waals surface area contributed by atoms with Crippen molar-refractivity contribution in [3.63, 3.8) is 0 Å². The van der Waals surface area contributed by atoms with Crippen molar-refractivity contribution in [2.45, 2.75) is 56.7 Å². The van der Waals surface area contributed by atoms with Crippen LogP contribution in [0.1, 0.15) is 47.9 Å². The maximum absolute atomic E-state index is 13.9. The molecule has 2 heterocycles. The molecule has 6 rings (SSSR count). The van der Waals surface area contributed by atoms with Crippen LogP contribution in [0.4, 0.5) is 19.7 Å². The van der Waals surface area contributed by atoms with Crippen molar-refractivity contribution in [2.75, 3.05) is 18.9 Å². The summed E-state index contributed by atoms with van der Waals surface area (Å²) in [6.45, 7) is 0.00611. The average molecular weight is 520 g/mol. The highest BCUT2D eigenvalue weighted by molar-refractivity contribution is 6.10. The summed E-state index contributed by atoms with van der Waals surface area (Å²) < 4.78 is 13.9. The Labute approximate surface area is 219 Å². The minimum absolute atomic E-state index is 0.00568. The lowest BCUT2D eigenvalue weighted by atomic mass is 9.91. The molecule has 2 aromatic rings. The lowest BCUT2D eigenvalue weighted by Crippen LogP contribution is -2.48. The molecule has 2 fully saturated rings. The van der Waals surface area contributed by atoms with Gasteiger partial charge in [0, 0.05) is 25.3 Å². The molecule has 4 aliphatic rings. The van der Waals surface area contributed by atoms with Crippen molar-refractivity contribution in [1.82, 2.24) is 20.4 Å². The summed E-state index contributed by atoms with van der Waals surface area (Å²) in [5.74, 6) is -0.596. The molecular weight excluding hydrogens is 489 g/mol. The Balaban J connectivity index is 1.23. The Bertz CT molecular complexity index is 1360. The third kappa shape index (κ3) is 4.08. The van der Waals surface area contributed by atoms with E-state index in [2.05, 4.69) is 16.0 Å². The fourth-order valence-electron chi connectivity index (χ4n) is 6.28. The maximum Gasteiger partial charge on any atom is 0.325 e. The Morgan fingerprint density at radius 2 is 1.87 bits per heavy atom. The molecule has 2 aliphatic carbocycles. The van der Waals surface area contributed by atoms with Gasteiger partial charge in [0.25, 0.3) is 5.91 Å². The Morgan fingerprint density at radius 3 is 2.63 bits per heavy atom. The van der Waals surface area contributed by atoms with E-state index in [4.69, 9.17) is 0 Å². The third-order valence-corrected chi connectivity index (χ3v) is 8.39. The number of urea groups is 2. The van der Waals surface area contributed by atoms with Crippen LogP contribution in [0.15, 0.2) is 36.4 Å². The van der Waals surface area contributed by atoms with Gasteiger partial charge in [0.1, 0.15) is 17.9 Å². The van der Waals surface area contributed by atoms with E-state index in [1.54, 1.807) is 29.2 Å². The van der Waals surface area contributed by atoms with Crippen LogP contribution in [0.3, 0.4) is 0 Å². The van der Waals surface area contributed by atoms with Crippen molar-refractivity contribution < 1.29 is 23.6 Å².